The molecular weight excluding hydrogens is 503 g/mol. The molecule has 1 saturated carbocycles. The van der Waals surface area contributed by atoms with Crippen molar-refractivity contribution >= 4 is 23.1 Å². The van der Waals surface area contributed by atoms with Crippen LogP contribution in [0.15, 0.2) is 45.6 Å². The highest BCUT2D eigenvalue weighted by Crippen LogP contribution is 2.43. The molecule has 2 aliphatic rings. The summed E-state index contributed by atoms with van der Waals surface area (Å²) in [6.07, 6.45) is 1.81. The standard InChI is InChI=1S/C29H31FN4O5/c1-29(2,3)39-28(37)34-21-9-7-19(12-21)25(34)26(35)32-20(15-31)11-18-6-5-16(13-22(18)30)17-8-10-24-23(14-17)33(4)27(36)38-24/h5-6,8,10,13-14,19-21,25H,7,9,11-12H2,1-4H3,(H,32,35)/t19-,20-,21+,25-/m0/s1. The Kier molecular flexibility index (Phi) is 6.70. The van der Waals surface area contributed by atoms with Crippen LogP contribution in [0, 0.1) is 23.1 Å². The van der Waals surface area contributed by atoms with Gasteiger partial charge in [-0.05, 0) is 80.8 Å². The Morgan fingerprint density at radius 1 is 1.21 bits per heavy atom. The van der Waals surface area contributed by atoms with Gasteiger partial charge in [0.1, 0.15) is 23.5 Å². The zero-order chi connectivity index (χ0) is 28.1. The Morgan fingerprint density at radius 3 is 2.62 bits per heavy atom. The molecule has 0 unspecified atom stereocenters. The first-order chi connectivity index (χ1) is 18.4. The van der Waals surface area contributed by atoms with Gasteiger partial charge >= 0.3 is 11.8 Å². The summed E-state index contributed by atoms with van der Waals surface area (Å²) in [7, 11) is 1.60. The number of carbonyl (C=O) groups excluding carboxylic acids is 2. The summed E-state index contributed by atoms with van der Waals surface area (Å²) >= 11 is 0. The smallest absolute Gasteiger partial charge is 0.419 e. The lowest BCUT2D eigenvalue weighted by atomic mass is 9.97. The van der Waals surface area contributed by atoms with E-state index in [1.165, 1.54) is 15.5 Å². The Labute approximate surface area is 225 Å². The van der Waals surface area contributed by atoms with Crippen LogP contribution in [0.3, 0.4) is 0 Å². The van der Waals surface area contributed by atoms with Gasteiger partial charge in [-0.2, -0.15) is 5.26 Å². The number of amides is 2. The summed E-state index contributed by atoms with van der Waals surface area (Å²) in [5.74, 6) is -1.41. The third-order valence-corrected chi connectivity index (χ3v) is 7.53. The van der Waals surface area contributed by atoms with E-state index in [4.69, 9.17) is 9.15 Å². The summed E-state index contributed by atoms with van der Waals surface area (Å²) in [6.45, 7) is 5.33. The highest BCUT2D eigenvalue weighted by molar-refractivity contribution is 5.87. The van der Waals surface area contributed by atoms with Crippen molar-refractivity contribution in [2.45, 2.75) is 70.2 Å². The normalized spacial score (nSPS) is 21.1. The highest BCUT2D eigenvalue weighted by atomic mass is 19.1. The summed E-state index contributed by atoms with van der Waals surface area (Å²) in [6, 6.07) is 10.1. The zero-order valence-electron chi connectivity index (χ0n) is 22.4. The molecule has 1 saturated heterocycles. The first-order valence-corrected chi connectivity index (χ1v) is 13.0. The molecule has 9 nitrogen and oxygen atoms in total. The van der Waals surface area contributed by atoms with Crippen LogP contribution >= 0.6 is 0 Å². The van der Waals surface area contributed by atoms with E-state index < -0.39 is 41.3 Å². The Morgan fingerprint density at radius 2 is 1.92 bits per heavy atom. The molecule has 204 valence electrons. The molecule has 2 bridgehead atoms. The number of oxazole rings is 1. The number of hydrogen-bond acceptors (Lipinski definition) is 6. The molecule has 5 rings (SSSR count). The molecule has 2 fully saturated rings. The summed E-state index contributed by atoms with van der Waals surface area (Å²) in [5, 5.41) is 12.5. The largest absolute Gasteiger partial charge is 0.444 e. The monoisotopic (exact) mass is 534 g/mol. The topological polar surface area (TPSA) is 118 Å². The molecule has 1 aromatic heterocycles. The van der Waals surface area contributed by atoms with Gasteiger partial charge in [0, 0.05) is 19.5 Å². The second-order valence-corrected chi connectivity index (χ2v) is 11.4. The average molecular weight is 535 g/mol. The maximum atomic E-state index is 15.2. The van der Waals surface area contributed by atoms with E-state index in [9.17, 15) is 19.6 Å². The van der Waals surface area contributed by atoms with Gasteiger partial charge in [-0.1, -0.05) is 18.2 Å². The number of hydrogen-bond donors (Lipinski definition) is 1. The maximum absolute atomic E-state index is 15.2. The fraction of sp³-hybridized carbons (Fsp3) is 0.448. The third-order valence-electron chi connectivity index (χ3n) is 7.53. The quantitative estimate of drug-likeness (QED) is 0.522. The fourth-order valence-electron chi connectivity index (χ4n) is 5.71. The number of nitriles is 1. The number of likely N-dealkylation sites (tertiary alicyclic amines) is 1. The molecule has 0 spiro atoms. The van der Waals surface area contributed by atoms with Crippen molar-refractivity contribution in [1.82, 2.24) is 14.8 Å². The second kappa shape index (κ2) is 9.88. The van der Waals surface area contributed by atoms with Gasteiger partial charge in [0.05, 0.1) is 11.6 Å². The molecule has 4 atom stereocenters. The third kappa shape index (κ3) is 5.13. The lowest BCUT2D eigenvalue weighted by Crippen LogP contribution is -2.55. The lowest BCUT2D eigenvalue weighted by Gasteiger charge is -2.35. The maximum Gasteiger partial charge on any atom is 0.419 e. The molecule has 1 N–H and O–H groups in total. The predicted octanol–water partition coefficient (Wildman–Crippen LogP) is 4.28. The van der Waals surface area contributed by atoms with Gasteiger partial charge in [-0.25, -0.2) is 14.0 Å². The van der Waals surface area contributed by atoms with E-state index in [0.717, 1.165) is 19.3 Å². The van der Waals surface area contributed by atoms with Crippen molar-refractivity contribution in [3.8, 4) is 17.2 Å². The van der Waals surface area contributed by atoms with Crippen LogP contribution in [0.1, 0.15) is 45.6 Å². The molecule has 39 heavy (non-hydrogen) atoms. The lowest BCUT2D eigenvalue weighted by molar-refractivity contribution is -0.128. The number of carbonyl (C=O) groups is 2. The van der Waals surface area contributed by atoms with Gasteiger partial charge in [0.2, 0.25) is 5.91 Å². The average Bonchev–Trinajstić information content (AvgIpc) is 3.57. The number of halogens is 1. The Hall–Kier alpha value is -4.13. The van der Waals surface area contributed by atoms with Crippen molar-refractivity contribution < 1.29 is 23.1 Å². The van der Waals surface area contributed by atoms with Crippen LogP contribution in [0.4, 0.5) is 9.18 Å². The second-order valence-electron chi connectivity index (χ2n) is 11.4. The molecule has 2 aromatic carbocycles. The van der Waals surface area contributed by atoms with Crippen molar-refractivity contribution in [3.63, 3.8) is 0 Å². The van der Waals surface area contributed by atoms with Crippen molar-refractivity contribution in [3.05, 3.63) is 58.3 Å². The van der Waals surface area contributed by atoms with E-state index in [1.54, 1.807) is 58.2 Å². The van der Waals surface area contributed by atoms with Crippen LogP contribution in [-0.2, 0) is 23.0 Å². The first-order valence-electron chi connectivity index (χ1n) is 13.0. The van der Waals surface area contributed by atoms with Crippen molar-refractivity contribution in [1.29, 1.82) is 5.26 Å². The highest BCUT2D eigenvalue weighted by Gasteiger charge is 2.52. The molecule has 0 radical (unpaired) electrons. The Balaban J connectivity index is 1.30. The Bertz CT molecular complexity index is 1550. The predicted molar refractivity (Wildman–Crippen MR) is 141 cm³/mol. The zero-order valence-corrected chi connectivity index (χ0v) is 22.4. The van der Waals surface area contributed by atoms with Gasteiger partial charge in [-0.15, -0.1) is 0 Å². The molecule has 2 amide bonds. The van der Waals surface area contributed by atoms with Crippen molar-refractivity contribution in [2.75, 3.05) is 0 Å². The van der Waals surface area contributed by atoms with E-state index in [-0.39, 0.29) is 23.9 Å². The summed E-state index contributed by atoms with van der Waals surface area (Å²) in [4.78, 5) is 39.5. The van der Waals surface area contributed by atoms with Crippen LogP contribution in [0.5, 0.6) is 0 Å². The van der Waals surface area contributed by atoms with Crippen LogP contribution in [0.25, 0.3) is 22.2 Å². The van der Waals surface area contributed by atoms with E-state index in [0.29, 0.717) is 22.2 Å². The number of piperidine rings is 1. The van der Waals surface area contributed by atoms with Crippen LogP contribution in [-0.4, -0.2) is 45.2 Å². The summed E-state index contributed by atoms with van der Waals surface area (Å²) < 4.78 is 27.2. The van der Waals surface area contributed by atoms with Gasteiger partial charge in [0.15, 0.2) is 5.58 Å². The number of nitrogens with zero attached hydrogens (tertiary/aromatic N) is 3. The fourth-order valence-corrected chi connectivity index (χ4v) is 5.71. The van der Waals surface area contributed by atoms with E-state index in [2.05, 4.69) is 11.4 Å². The number of aromatic nitrogens is 1. The van der Waals surface area contributed by atoms with Gasteiger partial charge in [-0.3, -0.25) is 14.3 Å². The minimum atomic E-state index is -0.978. The minimum Gasteiger partial charge on any atom is -0.444 e. The molecular formula is C29H31FN4O5. The first kappa shape index (κ1) is 26.5. The van der Waals surface area contributed by atoms with Crippen LogP contribution in [0.2, 0.25) is 0 Å². The van der Waals surface area contributed by atoms with Gasteiger partial charge in [0.25, 0.3) is 0 Å². The molecule has 1 aliphatic carbocycles. The van der Waals surface area contributed by atoms with Crippen LogP contribution < -0.4 is 11.1 Å². The number of benzene rings is 2. The number of rotatable bonds is 5. The molecule has 3 aromatic rings. The van der Waals surface area contributed by atoms with Crippen molar-refractivity contribution in [2.24, 2.45) is 13.0 Å². The number of ether oxygens (including phenoxy) is 1. The molecule has 2 heterocycles. The molecule has 10 heteroatoms. The minimum absolute atomic E-state index is 0.00457. The number of aryl methyl sites for hydroxylation is 1. The number of fused-ring (bicyclic) bond motifs is 3. The van der Waals surface area contributed by atoms with E-state index >= 15 is 4.39 Å². The van der Waals surface area contributed by atoms with E-state index in [1.807, 2.05) is 0 Å². The number of nitrogens with one attached hydrogen (secondary N) is 1. The summed E-state index contributed by atoms with van der Waals surface area (Å²) in [5.41, 5.74) is 1.92. The SMILES string of the molecule is Cn1c(=O)oc2ccc(-c3ccc(C[C@@H](C#N)NC(=O)[C@@H]4[C@H]5CC[C@H](C5)N4C(=O)OC(C)(C)C)c(F)c3)cc21. The molecule has 1 aliphatic heterocycles. The van der Waals surface area contributed by atoms with Gasteiger partial charge < -0.3 is 14.5 Å².